The highest BCUT2D eigenvalue weighted by atomic mass is 16.5. The van der Waals surface area contributed by atoms with Crippen molar-refractivity contribution in [2.24, 2.45) is 0 Å². The highest BCUT2D eigenvalue weighted by molar-refractivity contribution is 5.94. The lowest BCUT2D eigenvalue weighted by Gasteiger charge is -2.27. The molecule has 7 nitrogen and oxygen atoms in total. The monoisotopic (exact) mass is 481 g/mol. The molecule has 0 aliphatic heterocycles. The van der Waals surface area contributed by atoms with Crippen LogP contribution in [0, 0.1) is 13.8 Å². The Labute approximate surface area is 209 Å². The highest BCUT2D eigenvalue weighted by Gasteiger charge is 2.23. The molecule has 0 atom stereocenters. The molecule has 35 heavy (non-hydrogen) atoms. The number of nitrogens with one attached hydrogen (secondary N) is 3. The molecule has 0 aromatic heterocycles. The third kappa shape index (κ3) is 8.74. The van der Waals surface area contributed by atoms with E-state index in [0.29, 0.717) is 5.75 Å². The third-order valence-corrected chi connectivity index (χ3v) is 5.59. The fourth-order valence-corrected chi connectivity index (χ4v) is 3.48. The van der Waals surface area contributed by atoms with E-state index in [1.54, 1.807) is 0 Å². The van der Waals surface area contributed by atoms with Gasteiger partial charge in [-0.2, -0.15) is 0 Å². The van der Waals surface area contributed by atoms with Crippen LogP contribution in [-0.4, -0.2) is 24.3 Å². The van der Waals surface area contributed by atoms with E-state index in [0.717, 1.165) is 22.4 Å². The summed E-state index contributed by atoms with van der Waals surface area (Å²) >= 11 is 0. The van der Waals surface area contributed by atoms with E-state index in [1.807, 2.05) is 44.2 Å². The standard InChI is InChI=1S/C28H39N3O4/c1-18-9-11-22(19(2)15-18)29-24(32)13-14-25(33)30-31-26(34)17-35-23-12-10-20(27(3,4)5)16-21(23)28(6,7)8/h9-12,15-16H,13-14,17H2,1-8H3,(H,29,32)(H,30,33)(H,31,34). The van der Waals surface area contributed by atoms with Crippen LogP contribution in [0.25, 0.3) is 0 Å². The van der Waals surface area contributed by atoms with Crippen molar-refractivity contribution in [2.45, 2.75) is 79.1 Å². The van der Waals surface area contributed by atoms with E-state index in [1.165, 1.54) is 5.56 Å². The normalized spacial score (nSPS) is 11.5. The average molecular weight is 482 g/mol. The summed E-state index contributed by atoms with van der Waals surface area (Å²) in [7, 11) is 0. The summed E-state index contributed by atoms with van der Waals surface area (Å²) in [6.07, 6.45) is -0.0547. The van der Waals surface area contributed by atoms with Crippen LogP contribution in [0.15, 0.2) is 36.4 Å². The third-order valence-electron chi connectivity index (χ3n) is 5.59. The Bertz CT molecular complexity index is 1080. The first-order chi connectivity index (χ1) is 16.2. The van der Waals surface area contributed by atoms with Crippen molar-refractivity contribution in [1.29, 1.82) is 0 Å². The molecule has 2 rings (SSSR count). The number of hydrogen-bond acceptors (Lipinski definition) is 4. The topological polar surface area (TPSA) is 96.5 Å². The lowest BCUT2D eigenvalue weighted by molar-refractivity contribution is -0.130. The van der Waals surface area contributed by atoms with E-state index >= 15 is 0 Å². The van der Waals surface area contributed by atoms with Crippen LogP contribution in [0.5, 0.6) is 5.75 Å². The van der Waals surface area contributed by atoms with E-state index in [9.17, 15) is 14.4 Å². The van der Waals surface area contributed by atoms with E-state index in [4.69, 9.17) is 4.74 Å². The summed E-state index contributed by atoms with van der Waals surface area (Å²) in [5, 5.41) is 2.80. The second-order valence-electron chi connectivity index (χ2n) is 11.0. The number of ether oxygens (including phenoxy) is 1. The van der Waals surface area contributed by atoms with Crippen molar-refractivity contribution in [3.8, 4) is 5.75 Å². The molecule has 0 radical (unpaired) electrons. The van der Waals surface area contributed by atoms with Crippen LogP contribution in [0.4, 0.5) is 5.69 Å². The molecular weight excluding hydrogens is 442 g/mol. The van der Waals surface area contributed by atoms with Crippen molar-refractivity contribution in [1.82, 2.24) is 10.9 Å². The predicted octanol–water partition coefficient (Wildman–Crippen LogP) is 4.84. The molecule has 2 aromatic rings. The molecule has 190 valence electrons. The van der Waals surface area contributed by atoms with Gasteiger partial charge in [0.25, 0.3) is 5.91 Å². The number of rotatable bonds is 7. The highest BCUT2D eigenvalue weighted by Crippen LogP contribution is 2.35. The Morgan fingerprint density at radius 3 is 2.00 bits per heavy atom. The fourth-order valence-electron chi connectivity index (χ4n) is 3.48. The zero-order valence-electron chi connectivity index (χ0n) is 22.2. The minimum absolute atomic E-state index is 0.000584. The van der Waals surface area contributed by atoms with E-state index in [2.05, 4.69) is 63.8 Å². The molecule has 0 heterocycles. The van der Waals surface area contributed by atoms with Gasteiger partial charge in [0.05, 0.1) is 0 Å². The summed E-state index contributed by atoms with van der Waals surface area (Å²) < 4.78 is 5.78. The number of benzene rings is 2. The number of carbonyl (C=O) groups excluding carboxylic acids is 3. The molecule has 2 aromatic carbocycles. The van der Waals surface area contributed by atoms with Crippen LogP contribution in [-0.2, 0) is 25.2 Å². The number of anilines is 1. The maximum atomic E-state index is 12.2. The van der Waals surface area contributed by atoms with Crippen molar-refractivity contribution in [3.05, 3.63) is 58.7 Å². The summed E-state index contributed by atoms with van der Waals surface area (Å²) in [5.41, 5.74) is 9.48. The maximum Gasteiger partial charge on any atom is 0.276 e. The maximum absolute atomic E-state index is 12.2. The molecule has 7 heteroatoms. The van der Waals surface area contributed by atoms with Gasteiger partial charge in [-0.3, -0.25) is 25.2 Å². The molecule has 0 aliphatic rings. The van der Waals surface area contributed by atoms with Gasteiger partial charge in [0.15, 0.2) is 6.61 Å². The lowest BCUT2D eigenvalue weighted by atomic mass is 9.80. The molecule has 0 bridgehead atoms. The van der Waals surface area contributed by atoms with Gasteiger partial charge in [-0.25, -0.2) is 0 Å². The number of hydrazine groups is 1. The summed E-state index contributed by atoms with van der Waals surface area (Å²) in [5.74, 6) is -0.581. The van der Waals surface area contributed by atoms with Crippen LogP contribution in [0.1, 0.15) is 76.6 Å². The van der Waals surface area contributed by atoms with Gasteiger partial charge in [-0.05, 0) is 53.5 Å². The van der Waals surface area contributed by atoms with Crippen LogP contribution in [0.3, 0.4) is 0 Å². The van der Waals surface area contributed by atoms with Gasteiger partial charge in [0.1, 0.15) is 5.75 Å². The molecule has 0 unspecified atom stereocenters. The zero-order chi connectivity index (χ0) is 26.4. The fraction of sp³-hybridized carbons (Fsp3) is 0.464. The van der Waals surface area contributed by atoms with Gasteiger partial charge in [0, 0.05) is 18.5 Å². The first kappa shape index (κ1) is 27.9. The van der Waals surface area contributed by atoms with Crippen LogP contribution < -0.4 is 20.9 Å². The molecular formula is C28H39N3O4. The molecule has 0 fully saturated rings. The second kappa shape index (κ2) is 11.4. The van der Waals surface area contributed by atoms with Gasteiger partial charge in [0.2, 0.25) is 11.8 Å². The minimum atomic E-state index is -0.488. The van der Waals surface area contributed by atoms with Crippen molar-refractivity contribution in [3.63, 3.8) is 0 Å². The van der Waals surface area contributed by atoms with Gasteiger partial charge < -0.3 is 10.1 Å². The summed E-state index contributed by atoms with van der Waals surface area (Å²) in [6, 6.07) is 11.7. The average Bonchev–Trinajstić information content (AvgIpc) is 2.75. The Hall–Kier alpha value is -3.35. The number of aryl methyl sites for hydroxylation is 2. The number of hydrogen-bond donors (Lipinski definition) is 3. The SMILES string of the molecule is Cc1ccc(NC(=O)CCC(=O)NNC(=O)COc2ccc(C(C)(C)C)cc2C(C)(C)C)c(C)c1. The molecule has 3 N–H and O–H groups in total. The number of carbonyl (C=O) groups is 3. The first-order valence-electron chi connectivity index (χ1n) is 11.9. The van der Waals surface area contributed by atoms with Crippen molar-refractivity contribution >= 4 is 23.4 Å². The van der Waals surface area contributed by atoms with Crippen LogP contribution >= 0.6 is 0 Å². The largest absolute Gasteiger partial charge is 0.483 e. The predicted molar refractivity (Wildman–Crippen MR) is 139 cm³/mol. The van der Waals surface area contributed by atoms with Gasteiger partial charge in [-0.1, -0.05) is 71.4 Å². The Kier molecular flexibility index (Phi) is 9.07. The van der Waals surface area contributed by atoms with E-state index < -0.39 is 11.8 Å². The Balaban J connectivity index is 1.82. The number of amides is 3. The second-order valence-corrected chi connectivity index (χ2v) is 11.0. The molecule has 0 aliphatic carbocycles. The quantitative estimate of drug-likeness (QED) is 0.493. The van der Waals surface area contributed by atoms with Crippen molar-refractivity contribution in [2.75, 3.05) is 11.9 Å². The summed E-state index contributed by atoms with van der Waals surface area (Å²) in [6.45, 7) is 16.4. The molecule has 0 spiro atoms. The first-order valence-corrected chi connectivity index (χ1v) is 11.9. The van der Waals surface area contributed by atoms with E-state index in [-0.39, 0.29) is 36.2 Å². The Morgan fingerprint density at radius 1 is 0.771 bits per heavy atom. The Morgan fingerprint density at radius 2 is 1.40 bits per heavy atom. The van der Waals surface area contributed by atoms with Crippen molar-refractivity contribution < 1.29 is 19.1 Å². The zero-order valence-corrected chi connectivity index (χ0v) is 22.2. The van der Waals surface area contributed by atoms with Crippen LogP contribution in [0.2, 0.25) is 0 Å². The smallest absolute Gasteiger partial charge is 0.276 e. The molecule has 0 saturated carbocycles. The lowest BCUT2D eigenvalue weighted by Crippen LogP contribution is -2.44. The molecule has 3 amide bonds. The minimum Gasteiger partial charge on any atom is -0.483 e. The van der Waals surface area contributed by atoms with Gasteiger partial charge in [-0.15, -0.1) is 0 Å². The molecule has 0 saturated heterocycles. The summed E-state index contributed by atoms with van der Waals surface area (Å²) in [4.78, 5) is 36.4. The van der Waals surface area contributed by atoms with Gasteiger partial charge >= 0.3 is 0 Å².